The van der Waals surface area contributed by atoms with E-state index in [2.05, 4.69) is 25.0 Å². The number of hydrogen-bond donors (Lipinski definition) is 1. The summed E-state index contributed by atoms with van der Waals surface area (Å²) in [6.07, 6.45) is 2.53. The molecule has 0 saturated heterocycles. The average molecular weight is 583 g/mol. The van der Waals surface area contributed by atoms with Gasteiger partial charge < -0.3 is 36.8 Å². The van der Waals surface area contributed by atoms with Crippen molar-refractivity contribution in [3.63, 3.8) is 0 Å². The highest BCUT2D eigenvalue weighted by molar-refractivity contribution is 6.66. The van der Waals surface area contributed by atoms with Crippen molar-refractivity contribution < 1.29 is 31.4 Å². The van der Waals surface area contributed by atoms with Crippen molar-refractivity contribution in [2.24, 2.45) is 0 Å². The van der Waals surface area contributed by atoms with Gasteiger partial charge in [-0.05, 0) is 98.6 Å². The Morgan fingerprint density at radius 1 is 0.568 bits per heavy atom. The molecule has 1 N–H and O–H groups in total. The van der Waals surface area contributed by atoms with Crippen LogP contribution < -0.4 is 5.32 Å². The van der Waals surface area contributed by atoms with E-state index in [1.807, 2.05) is 46.4 Å². The summed E-state index contributed by atoms with van der Waals surface area (Å²) in [6.45, 7) is 24.2. The lowest BCUT2D eigenvalue weighted by molar-refractivity contribution is 0.178. The second-order valence-corrected chi connectivity index (χ2v) is 19.6. The SMILES string of the molecule is CCO[Si](C)(CCCNC(=O)N(CCC[Si](C)(OCC)OCC)CCC[Si](C)(OCC)OCC)OCC. The van der Waals surface area contributed by atoms with Gasteiger partial charge in [-0.2, -0.15) is 0 Å². The third-order valence-corrected chi connectivity index (χ3v) is 15.4. The lowest BCUT2D eigenvalue weighted by atomic mass is 10.3. The molecule has 222 valence electrons. The van der Waals surface area contributed by atoms with Gasteiger partial charge in [0.15, 0.2) is 0 Å². The Morgan fingerprint density at radius 2 is 0.865 bits per heavy atom. The van der Waals surface area contributed by atoms with Crippen LogP contribution in [0.2, 0.25) is 37.8 Å². The number of nitrogens with zero attached hydrogens (tertiary/aromatic N) is 1. The smallest absolute Gasteiger partial charge is 0.334 e. The summed E-state index contributed by atoms with van der Waals surface area (Å²) in [6, 6.07) is 2.54. The summed E-state index contributed by atoms with van der Waals surface area (Å²) in [5, 5.41) is 3.13. The van der Waals surface area contributed by atoms with E-state index in [1.165, 1.54) is 0 Å². The van der Waals surface area contributed by atoms with Crippen LogP contribution in [-0.2, 0) is 26.6 Å². The topological polar surface area (TPSA) is 87.7 Å². The van der Waals surface area contributed by atoms with Crippen molar-refractivity contribution in [1.82, 2.24) is 10.2 Å². The fraction of sp³-hybridized carbons (Fsp3) is 0.960. The molecule has 0 aliphatic rings. The lowest BCUT2D eigenvalue weighted by Gasteiger charge is -2.30. The Balaban J connectivity index is 5.07. The molecule has 0 aliphatic carbocycles. The lowest BCUT2D eigenvalue weighted by Crippen LogP contribution is -2.45. The van der Waals surface area contributed by atoms with Gasteiger partial charge in [0.25, 0.3) is 0 Å². The number of hydrogen-bond acceptors (Lipinski definition) is 7. The highest BCUT2D eigenvalue weighted by Gasteiger charge is 2.33. The van der Waals surface area contributed by atoms with Crippen LogP contribution in [-0.4, -0.2) is 95.9 Å². The van der Waals surface area contributed by atoms with Gasteiger partial charge in [0.05, 0.1) is 0 Å². The molecule has 0 unspecified atom stereocenters. The van der Waals surface area contributed by atoms with Gasteiger partial charge in [0.1, 0.15) is 0 Å². The first-order chi connectivity index (χ1) is 17.6. The van der Waals surface area contributed by atoms with Crippen LogP contribution in [0.5, 0.6) is 0 Å². The largest absolute Gasteiger partial charge is 0.395 e. The zero-order valence-electron chi connectivity index (χ0n) is 25.4. The van der Waals surface area contributed by atoms with Crippen LogP contribution in [0.3, 0.4) is 0 Å². The molecule has 0 aliphatic heterocycles. The van der Waals surface area contributed by atoms with Crippen LogP contribution in [0.4, 0.5) is 4.79 Å². The molecular formula is C25H58N2O7Si3. The Morgan fingerprint density at radius 3 is 1.16 bits per heavy atom. The van der Waals surface area contributed by atoms with Crippen LogP contribution in [0, 0.1) is 0 Å². The monoisotopic (exact) mass is 582 g/mol. The van der Waals surface area contributed by atoms with E-state index in [4.69, 9.17) is 26.6 Å². The van der Waals surface area contributed by atoms with E-state index < -0.39 is 25.7 Å². The molecule has 0 aromatic heterocycles. The molecule has 2 amide bonds. The minimum absolute atomic E-state index is 0.0245. The van der Waals surface area contributed by atoms with Crippen molar-refractivity contribution in [2.75, 3.05) is 59.3 Å². The Labute approximate surface area is 231 Å². The standard InChI is InChI=1S/C25H58N2O7Si3/c1-10-29-35(7,30-11-2)22-16-19-26-25(28)27(20-17-23-36(8,31-12-3)32-13-4)21-18-24-37(9,33-14-5)34-15-6/h10-24H2,1-9H3,(H,26,28). The van der Waals surface area contributed by atoms with Crippen molar-refractivity contribution in [2.45, 2.75) is 98.6 Å². The molecule has 0 spiro atoms. The van der Waals surface area contributed by atoms with Crippen LogP contribution in [0.1, 0.15) is 60.8 Å². The van der Waals surface area contributed by atoms with Gasteiger partial charge in [-0.25, -0.2) is 4.79 Å². The second kappa shape index (κ2) is 20.6. The van der Waals surface area contributed by atoms with Crippen LogP contribution in [0.25, 0.3) is 0 Å². The summed E-state index contributed by atoms with van der Waals surface area (Å²) in [5.74, 6) is 0. The molecule has 9 nitrogen and oxygen atoms in total. The predicted molar refractivity (Wildman–Crippen MR) is 158 cm³/mol. The Bertz CT molecular complexity index is 544. The fourth-order valence-corrected chi connectivity index (χ4v) is 11.8. The molecule has 12 heteroatoms. The number of amides is 2. The highest BCUT2D eigenvalue weighted by Crippen LogP contribution is 2.19. The van der Waals surface area contributed by atoms with Gasteiger partial charge in [-0.1, -0.05) is 0 Å². The first-order valence-electron chi connectivity index (χ1n) is 14.4. The Hall–Kier alpha value is -0.319. The minimum atomic E-state index is -2.22. The molecule has 0 bridgehead atoms. The van der Waals surface area contributed by atoms with Gasteiger partial charge in [0.2, 0.25) is 0 Å². The predicted octanol–water partition coefficient (Wildman–Crippen LogP) is 5.60. The quantitative estimate of drug-likeness (QED) is 0.117. The van der Waals surface area contributed by atoms with E-state index in [0.29, 0.717) is 59.3 Å². The van der Waals surface area contributed by atoms with Crippen LogP contribution in [0.15, 0.2) is 0 Å². The van der Waals surface area contributed by atoms with E-state index in [1.54, 1.807) is 0 Å². The summed E-state index contributed by atoms with van der Waals surface area (Å²) >= 11 is 0. The number of rotatable bonds is 24. The maximum atomic E-state index is 13.2. The number of urea groups is 1. The maximum absolute atomic E-state index is 13.2. The summed E-state index contributed by atoms with van der Waals surface area (Å²) in [5.41, 5.74) is 0. The molecule has 0 fully saturated rings. The van der Waals surface area contributed by atoms with Gasteiger partial charge in [-0.3, -0.25) is 0 Å². The van der Waals surface area contributed by atoms with Crippen molar-refractivity contribution in [1.29, 1.82) is 0 Å². The van der Waals surface area contributed by atoms with E-state index in [-0.39, 0.29) is 6.03 Å². The van der Waals surface area contributed by atoms with Gasteiger partial charge in [0, 0.05) is 59.3 Å². The zero-order valence-corrected chi connectivity index (χ0v) is 28.4. The van der Waals surface area contributed by atoms with E-state index in [9.17, 15) is 4.79 Å². The molecule has 0 radical (unpaired) electrons. The van der Waals surface area contributed by atoms with Gasteiger partial charge in [-0.15, -0.1) is 0 Å². The summed E-state index contributed by atoms with van der Waals surface area (Å²) < 4.78 is 35.8. The van der Waals surface area contributed by atoms with Crippen molar-refractivity contribution in [3.8, 4) is 0 Å². The third-order valence-electron chi connectivity index (χ3n) is 6.19. The van der Waals surface area contributed by atoms with Crippen molar-refractivity contribution >= 4 is 31.7 Å². The van der Waals surface area contributed by atoms with Gasteiger partial charge >= 0.3 is 31.7 Å². The van der Waals surface area contributed by atoms with E-state index in [0.717, 1.165) is 37.4 Å². The van der Waals surface area contributed by atoms with E-state index >= 15 is 0 Å². The normalized spacial score (nSPS) is 12.7. The number of nitrogens with one attached hydrogen (secondary N) is 1. The molecular weight excluding hydrogens is 525 g/mol. The molecule has 0 rings (SSSR count). The zero-order chi connectivity index (χ0) is 28.2. The third kappa shape index (κ3) is 16.4. The molecule has 0 aromatic rings. The maximum Gasteiger partial charge on any atom is 0.334 e. The first-order valence-corrected chi connectivity index (χ1v) is 22.0. The summed E-state index contributed by atoms with van der Waals surface area (Å²) in [7, 11) is -6.61. The molecule has 37 heavy (non-hydrogen) atoms. The minimum Gasteiger partial charge on any atom is -0.395 e. The van der Waals surface area contributed by atoms with Crippen LogP contribution >= 0.6 is 0 Å². The average Bonchev–Trinajstić information content (AvgIpc) is 2.81. The number of carbonyl (C=O) groups excluding carboxylic acids is 1. The highest BCUT2D eigenvalue weighted by atomic mass is 28.4. The molecule has 0 saturated carbocycles. The molecule has 0 atom stereocenters. The summed E-state index contributed by atoms with van der Waals surface area (Å²) in [4.78, 5) is 15.1. The first kappa shape index (κ1) is 36.7. The molecule has 0 heterocycles. The number of carbonyl (C=O) groups is 1. The molecule has 0 aromatic carbocycles. The second-order valence-electron chi connectivity index (χ2n) is 9.53. The Kier molecular flexibility index (Phi) is 20.4. The van der Waals surface area contributed by atoms with Crippen molar-refractivity contribution in [3.05, 3.63) is 0 Å². The fourth-order valence-electron chi connectivity index (χ4n) is 4.60.